The van der Waals surface area contributed by atoms with Gasteiger partial charge in [0.2, 0.25) is 0 Å². The molecule has 0 amide bonds. The number of ether oxygens (including phenoxy) is 1. The van der Waals surface area contributed by atoms with Gasteiger partial charge in [-0.2, -0.15) is 0 Å². The summed E-state index contributed by atoms with van der Waals surface area (Å²) < 4.78 is 7.49. The van der Waals surface area contributed by atoms with Crippen LogP contribution in [0.2, 0.25) is 0 Å². The minimum atomic E-state index is 0.127. The van der Waals surface area contributed by atoms with Crippen molar-refractivity contribution in [3.8, 4) is 5.75 Å². The average molecular weight is 336 g/mol. The highest BCUT2D eigenvalue weighted by Gasteiger charge is 2.20. The van der Waals surface area contributed by atoms with E-state index in [0.29, 0.717) is 30.1 Å². The third-order valence-corrected chi connectivity index (χ3v) is 4.31. The Labute approximate surface area is 148 Å². The Morgan fingerprint density at radius 2 is 1.96 bits per heavy atom. The quantitative estimate of drug-likeness (QED) is 0.597. The van der Waals surface area contributed by atoms with Gasteiger partial charge in [0.15, 0.2) is 17.2 Å². The van der Waals surface area contributed by atoms with E-state index in [1.54, 1.807) is 0 Å². The molecular formula is C21H24N2O2. The average Bonchev–Trinajstić information content (AvgIpc) is 2.93. The van der Waals surface area contributed by atoms with Gasteiger partial charge in [-0.3, -0.25) is 9.20 Å². The fourth-order valence-electron chi connectivity index (χ4n) is 3.26. The van der Waals surface area contributed by atoms with Crippen molar-refractivity contribution in [1.82, 2.24) is 9.38 Å². The van der Waals surface area contributed by atoms with Crippen LogP contribution in [0.1, 0.15) is 42.0 Å². The summed E-state index contributed by atoms with van der Waals surface area (Å²) in [4.78, 5) is 17.5. The number of benzene rings is 1. The lowest BCUT2D eigenvalue weighted by Gasteiger charge is -2.11. The van der Waals surface area contributed by atoms with Crippen molar-refractivity contribution in [3.63, 3.8) is 0 Å². The van der Waals surface area contributed by atoms with E-state index in [2.05, 4.69) is 24.0 Å². The summed E-state index contributed by atoms with van der Waals surface area (Å²) >= 11 is 0. The fraction of sp³-hybridized carbons (Fsp3) is 0.333. The lowest BCUT2D eigenvalue weighted by molar-refractivity contribution is 0.0958. The molecular weight excluding hydrogens is 312 g/mol. The zero-order chi connectivity index (χ0) is 17.8. The summed E-state index contributed by atoms with van der Waals surface area (Å²) in [6.45, 7) is 6.52. The number of carbonyl (C=O) groups is 1. The summed E-state index contributed by atoms with van der Waals surface area (Å²) in [6.07, 6.45) is 3.28. The first-order valence-electron chi connectivity index (χ1n) is 8.77. The number of aryl methyl sites for hydroxylation is 1. The van der Waals surface area contributed by atoms with Crippen LogP contribution in [0.5, 0.6) is 5.75 Å². The van der Waals surface area contributed by atoms with E-state index in [9.17, 15) is 4.79 Å². The summed E-state index contributed by atoms with van der Waals surface area (Å²) in [5.41, 5.74) is 3.39. The van der Waals surface area contributed by atoms with Gasteiger partial charge in [-0.15, -0.1) is 0 Å². The Hall–Kier alpha value is -2.62. The molecule has 2 aromatic heterocycles. The first-order valence-corrected chi connectivity index (χ1v) is 8.77. The van der Waals surface area contributed by atoms with Crippen molar-refractivity contribution in [2.24, 2.45) is 5.92 Å². The van der Waals surface area contributed by atoms with E-state index in [0.717, 1.165) is 12.1 Å². The molecule has 0 unspecified atom stereocenters. The van der Waals surface area contributed by atoms with Gasteiger partial charge in [0.25, 0.3) is 0 Å². The molecule has 130 valence electrons. The summed E-state index contributed by atoms with van der Waals surface area (Å²) in [5, 5.41) is 0. The molecule has 0 radical (unpaired) electrons. The van der Waals surface area contributed by atoms with Crippen LogP contribution in [0.4, 0.5) is 0 Å². The third-order valence-electron chi connectivity index (χ3n) is 4.31. The Bertz CT molecular complexity index is 868. The Kier molecular flexibility index (Phi) is 5.17. The van der Waals surface area contributed by atoms with Gasteiger partial charge < -0.3 is 4.74 Å². The number of fused-ring (bicyclic) bond motifs is 1. The molecule has 0 aliphatic heterocycles. The Balaban J connectivity index is 1.82. The molecule has 0 saturated carbocycles. The van der Waals surface area contributed by atoms with Crippen LogP contribution in [0.15, 0.2) is 48.7 Å². The van der Waals surface area contributed by atoms with Gasteiger partial charge in [-0.25, -0.2) is 4.98 Å². The van der Waals surface area contributed by atoms with Crippen LogP contribution in [-0.2, 0) is 6.42 Å². The molecule has 2 heterocycles. The molecule has 0 spiro atoms. The maximum Gasteiger partial charge on any atom is 0.181 e. The van der Waals surface area contributed by atoms with Crippen molar-refractivity contribution in [1.29, 1.82) is 0 Å². The highest BCUT2D eigenvalue weighted by Crippen LogP contribution is 2.24. The molecule has 0 fully saturated rings. The summed E-state index contributed by atoms with van der Waals surface area (Å²) in [6, 6.07) is 14.1. The van der Waals surface area contributed by atoms with Gasteiger partial charge in [-0.1, -0.05) is 37.3 Å². The topological polar surface area (TPSA) is 43.6 Å². The van der Waals surface area contributed by atoms with E-state index in [-0.39, 0.29) is 11.7 Å². The molecule has 0 bridgehead atoms. The maximum absolute atomic E-state index is 12.9. The van der Waals surface area contributed by atoms with Gasteiger partial charge >= 0.3 is 0 Å². The number of imidazole rings is 1. The molecule has 3 rings (SSSR count). The lowest BCUT2D eigenvalue weighted by Crippen LogP contribution is -2.12. The number of rotatable bonds is 7. The van der Waals surface area contributed by atoms with Crippen molar-refractivity contribution >= 4 is 11.4 Å². The van der Waals surface area contributed by atoms with Crippen LogP contribution >= 0.6 is 0 Å². The zero-order valence-electron chi connectivity index (χ0n) is 15.0. The van der Waals surface area contributed by atoms with Crippen molar-refractivity contribution in [3.05, 3.63) is 65.6 Å². The zero-order valence-corrected chi connectivity index (χ0v) is 15.0. The van der Waals surface area contributed by atoms with E-state index >= 15 is 0 Å². The smallest absolute Gasteiger partial charge is 0.181 e. The lowest BCUT2D eigenvalue weighted by atomic mass is 9.95. The maximum atomic E-state index is 12.9. The van der Waals surface area contributed by atoms with Crippen LogP contribution in [0, 0.1) is 12.8 Å². The minimum absolute atomic E-state index is 0.127. The third kappa shape index (κ3) is 3.73. The molecule has 3 aromatic rings. The largest absolute Gasteiger partial charge is 0.490 e. The van der Waals surface area contributed by atoms with E-state index < -0.39 is 0 Å². The highest BCUT2D eigenvalue weighted by atomic mass is 16.5. The Morgan fingerprint density at radius 1 is 1.20 bits per heavy atom. The number of ketones is 1. The molecule has 0 saturated heterocycles. The van der Waals surface area contributed by atoms with E-state index in [1.807, 2.05) is 54.8 Å². The van der Waals surface area contributed by atoms with Crippen LogP contribution in [0.25, 0.3) is 5.65 Å². The molecule has 4 heteroatoms. The Morgan fingerprint density at radius 3 is 2.68 bits per heavy atom. The molecule has 0 N–H and O–H groups in total. The molecule has 1 atom stereocenters. The number of Topliss-reactive ketones (excluding diaryl/α,β-unsaturated/α-hetero) is 1. The first kappa shape index (κ1) is 17.2. The molecule has 0 aliphatic carbocycles. The van der Waals surface area contributed by atoms with E-state index in [4.69, 9.17) is 4.74 Å². The molecule has 1 aromatic carbocycles. The van der Waals surface area contributed by atoms with Crippen molar-refractivity contribution in [2.75, 3.05) is 6.61 Å². The predicted molar refractivity (Wildman–Crippen MR) is 99.4 cm³/mol. The molecule has 0 aliphatic rings. The number of pyridine rings is 1. The van der Waals surface area contributed by atoms with Crippen molar-refractivity contribution < 1.29 is 9.53 Å². The highest BCUT2D eigenvalue weighted by molar-refractivity contribution is 5.96. The molecule has 4 nitrogen and oxygen atoms in total. The van der Waals surface area contributed by atoms with Gasteiger partial charge in [0, 0.05) is 12.6 Å². The second-order valence-corrected chi connectivity index (χ2v) is 6.47. The molecule has 25 heavy (non-hydrogen) atoms. The minimum Gasteiger partial charge on any atom is -0.490 e. The number of carbonyl (C=O) groups excluding carboxylic acids is 1. The second kappa shape index (κ2) is 7.51. The predicted octanol–water partition coefficient (Wildman–Crippen LogP) is 4.49. The summed E-state index contributed by atoms with van der Waals surface area (Å²) in [5.74, 6) is 1.11. The number of nitrogens with zero attached hydrogens (tertiary/aromatic N) is 2. The monoisotopic (exact) mass is 336 g/mol. The van der Waals surface area contributed by atoms with Gasteiger partial charge in [0.1, 0.15) is 5.69 Å². The standard InChI is InChI=1S/C21H24N2O2/c1-4-25-19-11-8-12-23-20(16(3)22-21(19)23)18(24)14-15(2)13-17-9-6-5-7-10-17/h5-12,15H,4,13-14H2,1-3H3/t15-/m0/s1. The van der Waals surface area contributed by atoms with Gasteiger partial charge in [-0.05, 0) is 43.9 Å². The van der Waals surface area contributed by atoms with Crippen molar-refractivity contribution in [2.45, 2.75) is 33.6 Å². The van der Waals surface area contributed by atoms with E-state index in [1.165, 1.54) is 5.56 Å². The summed E-state index contributed by atoms with van der Waals surface area (Å²) in [7, 11) is 0. The van der Waals surface area contributed by atoms with Crippen LogP contribution in [-0.4, -0.2) is 21.8 Å². The SMILES string of the molecule is CCOc1cccn2c(C(=O)C[C@@H](C)Cc3ccccc3)c(C)nc12. The second-order valence-electron chi connectivity index (χ2n) is 6.47. The van der Waals surface area contributed by atoms with Crippen LogP contribution < -0.4 is 4.74 Å². The normalized spacial score (nSPS) is 12.3. The van der Waals surface area contributed by atoms with Crippen LogP contribution in [0.3, 0.4) is 0 Å². The van der Waals surface area contributed by atoms with Gasteiger partial charge in [0.05, 0.1) is 12.3 Å². The number of hydrogen-bond donors (Lipinski definition) is 0. The fourth-order valence-corrected chi connectivity index (χ4v) is 3.26. The number of hydrogen-bond acceptors (Lipinski definition) is 3. The first-order chi connectivity index (χ1) is 12.1. The number of aromatic nitrogens is 2.